The van der Waals surface area contributed by atoms with Crippen LogP contribution < -0.4 is 5.32 Å². The number of fused-ring (bicyclic) bond motifs is 1. The number of aromatic nitrogens is 4. The zero-order valence-corrected chi connectivity index (χ0v) is 11.5. The first-order valence-corrected chi connectivity index (χ1v) is 7.17. The summed E-state index contributed by atoms with van der Waals surface area (Å²) in [6.07, 6.45) is 6.23. The minimum absolute atomic E-state index is 0.0889. The summed E-state index contributed by atoms with van der Waals surface area (Å²) in [4.78, 5) is 13.4. The van der Waals surface area contributed by atoms with Gasteiger partial charge in [-0.1, -0.05) is 0 Å². The second kappa shape index (κ2) is 5.08. The van der Waals surface area contributed by atoms with Crippen LogP contribution in [0.3, 0.4) is 0 Å². The maximum absolute atomic E-state index is 11.9. The van der Waals surface area contributed by atoms with Crippen LogP contribution in [0.2, 0.25) is 0 Å². The fourth-order valence-electron chi connectivity index (χ4n) is 2.41. The molecule has 7 heteroatoms. The Balaban J connectivity index is 1.73. The van der Waals surface area contributed by atoms with Crippen molar-refractivity contribution in [1.82, 2.24) is 20.2 Å². The lowest BCUT2D eigenvalue weighted by molar-refractivity contribution is -0.116. The van der Waals surface area contributed by atoms with E-state index in [1.54, 1.807) is 11.3 Å². The third-order valence-corrected chi connectivity index (χ3v) is 4.70. The van der Waals surface area contributed by atoms with Gasteiger partial charge in [-0.2, -0.15) is 0 Å². The van der Waals surface area contributed by atoms with Crippen LogP contribution >= 0.6 is 11.3 Å². The summed E-state index contributed by atoms with van der Waals surface area (Å²) in [5.41, 5.74) is 2.67. The van der Waals surface area contributed by atoms with Crippen molar-refractivity contribution in [2.45, 2.75) is 39.2 Å². The van der Waals surface area contributed by atoms with Crippen molar-refractivity contribution in [2.24, 2.45) is 0 Å². The number of hydrogen-bond donors (Lipinski definition) is 1. The predicted molar refractivity (Wildman–Crippen MR) is 72.1 cm³/mol. The van der Waals surface area contributed by atoms with E-state index in [1.807, 2.05) is 0 Å². The first kappa shape index (κ1) is 12.3. The summed E-state index contributed by atoms with van der Waals surface area (Å²) < 4.78 is 1.41. The molecule has 3 rings (SSSR count). The molecule has 100 valence electrons. The van der Waals surface area contributed by atoms with E-state index in [4.69, 9.17) is 0 Å². The van der Waals surface area contributed by atoms with E-state index in [9.17, 15) is 4.79 Å². The molecule has 0 spiro atoms. The van der Waals surface area contributed by atoms with Gasteiger partial charge in [-0.3, -0.25) is 4.79 Å². The number of tetrazole rings is 1. The molecular formula is C12H15N5OS. The van der Waals surface area contributed by atoms with Crippen LogP contribution in [0.15, 0.2) is 6.33 Å². The molecule has 2 heterocycles. The number of anilines is 1. The topological polar surface area (TPSA) is 72.7 Å². The Morgan fingerprint density at radius 2 is 2.32 bits per heavy atom. The van der Waals surface area contributed by atoms with Crippen molar-refractivity contribution in [3.63, 3.8) is 0 Å². The number of aryl methyl sites for hydroxylation is 1. The van der Waals surface area contributed by atoms with Crippen molar-refractivity contribution in [1.29, 1.82) is 0 Å². The van der Waals surface area contributed by atoms with Crippen molar-refractivity contribution in [2.75, 3.05) is 5.32 Å². The lowest BCUT2D eigenvalue weighted by Gasteiger charge is -2.10. The van der Waals surface area contributed by atoms with Gasteiger partial charge in [0.2, 0.25) is 5.91 Å². The fourth-order valence-corrected chi connectivity index (χ4v) is 3.72. The van der Waals surface area contributed by atoms with Gasteiger partial charge in [0, 0.05) is 4.88 Å². The number of nitrogens with one attached hydrogen (secondary N) is 1. The van der Waals surface area contributed by atoms with Crippen LogP contribution in [0, 0.1) is 6.92 Å². The number of hydrogen-bond acceptors (Lipinski definition) is 5. The zero-order valence-electron chi connectivity index (χ0n) is 10.7. The van der Waals surface area contributed by atoms with Crippen LogP contribution in [0.4, 0.5) is 5.00 Å². The normalized spacial score (nSPS) is 14.2. The molecule has 19 heavy (non-hydrogen) atoms. The average Bonchev–Trinajstić information content (AvgIpc) is 3.00. The third-order valence-electron chi connectivity index (χ3n) is 3.39. The molecular weight excluding hydrogens is 262 g/mol. The molecule has 1 N–H and O–H groups in total. The number of rotatable bonds is 3. The summed E-state index contributed by atoms with van der Waals surface area (Å²) in [5, 5.41) is 14.6. The van der Waals surface area contributed by atoms with E-state index >= 15 is 0 Å². The first-order valence-electron chi connectivity index (χ1n) is 6.36. The Hall–Kier alpha value is -1.76. The molecule has 0 saturated heterocycles. The number of carbonyl (C=O) groups is 1. The molecule has 0 unspecified atom stereocenters. The number of carbonyl (C=O) groups excluding carboxylic acids is 1. The first-order chi connectivity index (χ1) is 9.24. The van der Waals surface area contributed by atoms with Crippen LogP contribution in [0.5, 0.6) is 0 Å². The molecule has 1 aliphatic rings. The Morgan fingerprint density at radius 3 is 3.05 bits per heavy atom. The largest absolute Gasteiger partial charge is 0.316 e. The van der Waals surface area contributed by atoms with E-state index in [1.165, 1.54) is 39.9 Å². The average molecular weight is 277 g/mol. The molecule has 0 aliphatic heterocycles. The van der Waals surface area contributed by atoms with Gasteiger partial charge in [-0.25, -0.2) is 4.68 Å². The van der Waals surface area contributed by atoms with Gasteiger partial charge in [0.15, 0.2) is 0 Å². The second-order valence-electron chi connectivity index (χ2n) is 4.72. The van der Waals surface area contributed by atoms with Crippen molar-refractivity contribution in [3.8, 4) is 0 Å². The van der Waals surface area contributed by atoms with Gasteiger partial charge in [-0.05, 0) is 54.2 Å². The SMILES string of the molecule is Cc1c(NC(=O)Cn2cnnn2)sc2c1CCCC2. The van der Waals surface area contributed by atoms with Gasteiger partial charge in [0.05, 0.1) is 5.00 Å². The van der Waals surface area contributed by atoms with Gasteiger partial charge in [0.25, 0.3) is 0 Å². The quantitative estimate of drug-likeness (QED) is 0.924. The molecule has 2 aromatic rings. The molecule has 0 saturated carbocycles. The second-order valence-corrected chi connectivity index (χ2v) is 5.83. The molecule has 0 aromatic carbocycles. The molecule has 6 nitrogen and oxygen atoms in total. The Labute approximate surface area is 114 Å². The maximum atomic E-state index is 11.9. The van der Waals surface area contributed by atoms with E-state index in [0.29, 0.717) is 0 Å². The van der Waals surface area contributed by atoms with Crippen molar-refractivity contribution in [3.05, 3.63) is 22.3 Å². The standard InChI is InChI=1S/C12H15N5OS/c1-8-9-4-2-3-5-10(9)19-12(8)14-11(18)6-17-7-13-15-16-17/h7H,2-6H2,1H3,(H,14,18). The summed E-state index contributed by atoms with van der Waals surface area (Å²) >= 11 is 1.71. The van der Waals surface area contributed by atoms with Gasteiger partial charge < -0.3 is 5.32 Å². The lowest BCUT2D eigenvalue weighted by Crippen LogP contribution is -2.19. The van der Waals surface area contributed by atoms with Crippen molar-refractivity contribution >= 4 is 22.2 Å². The van der Waals surface area contributed by atoms with E-state index < -0.39 is 0 Å². The van der Waals surface area contributed by atoms with E-state index in [2.05, 4.69) is 27.8 Å². The highest BCUT2D eigenvalue weighted by Crippen LogP contribution is 2.37. The number of nitrogens with zero attached hydrogens (tertiary/aromatic N) is 4. The molecule has 0 radical (unpaired) electrons. The van der Waals surface area contributed by atoms with Crippen LogP contribution in [0.25, 0.3) is 0 Å². The fraction of sp³-hybridized carbons (Fsp3) is 0.500. The molecule has 2 aromatic heterocycles. The van der Waals surface area contributed by atoms with Gasteiger partial charge in [-0.15, -0.1) is 16.4 Å². The van der Waals surface area contributed by atoms with E-state index in [0.717, 1.165) is 17.8 Å². The lowest BCUT2D eigenvalue weighted by atomic mass is 9.96. The van der Waals surface area contributed by atoms with Crippen LogP contribution in [0.1, 0.15) is 28.8 Å². The Bertz CT molecular complexity index is 590. The number of thiophene rings is 1. The highest BCUT2D eigenvalue weighted by molar-refractivity contribution is 7.16. The molecule has 1 aliphatic carbocycles. The molecule has 0 atom stereocenters. The highest BCUT2D eigenvalue weighted by Gasteiger charge is 2.19. The Kier molecular flexibility index (Phi) is 3.29. The molecule has 0 bridgehead atoms. The van der Waals surface area contributed by atoms with Crippen LogP contribution in [-0.2, 0) is 24.2 Å². The maximum Gasteiger partial charge on any atom is 0.246 e. The Morgan fingerprint density at radius 1 is 1.47 bits per heavy atom. The zero-order chi connectivity index (χ0) is 13.2. The van der Waals surface area contributed by atoms with Gasteiger partial charge in [0.1, 0.15) is 12.9 Å². The summed E-state index contributed by atoms with van der Waals surface area (Å²) in [6.45, 7) is 2.24. The minimum atomic E-state index is -0.0889. The smallest absolute Gasteiger partial charge is 0.246 e. The predicted octanol–water partition coefficient (Wildman–Crippen LogP) is 1.56. The van der Waals surface area contributed by atoms with E-state index in [-0.39, 0.29) is 12.5 Å². The van der Waals surface area contributed by atoms with Crippen molar-refractivity contribution < 1.29 is 4.79 Å². The van der Waals surface area contributed by atoms with Gasteiger partial charge >= 0.3 is 0 Å². The summed E-state index contributed by atoms with van der Waals surface area (Å²) in [6, 6.07) is 0. The summed E-state index contributed by atoms with van der Waals surface area (Å²) in [7, 11) is 0. The third kappa shape index (κ3) is 2.51. The molecule has 0 fully saturated rings. The number of amides is 1. The van der Waals surface area contributed by atoms with Crippen LogP contribution in [-0.4, -0.2) is 26.1 Å². The monoisotopic (exact) mass is 277 g/mol. The minimum Gasteiger partial charge on any atom is -0.316 e. The summed E-state index contributed by atoms with van der Waals surface area (Å²) in [5.74, 6) is -0.0889. The highest BCUT2D eigenvalue weighted by atomic mass is 32.1. The molecule has 1 amide bonds.